The number of aliphatic hydroxyl groups is 2. The van der Waals surface area contributed by atoms with Crippen LogP contribution in [-0.4, -0.2) is 81.1 Å². The summed E-state index contributed by atoms with van der Waals surface area (Å²) in [6, 6.07) is 9.29. The van der Waals surface area contributed by atoms with E-state index in [9.17, 15) is 19.6 Å². The number of hydrogen-bond acceptors (Lipinski definition) is 12. The van der Waals surface area contributed by atoms with Crippen LogP contribution in [0.4, 0.5) is 5.82 Å². The number of hydrogen-bond donors (Lipinski definition) is 4. The van der Waals surface area contributed by atoms with Gasteiger partial charge in [-0.2, -0.15) is 10.2 Å². The Kier molecular flexibility index (Phi) is 10.4. The third-order valence-electron chi connectivity index (χ3n) is 8.59. The van der Waals surface area contributed by atoms with Gasteiger partial charge in [0.15, 0.2) is 11.4 Å². The summed E-state index contributed by atoms with van der Waals surface area (Å²) < 4.78 is 39.5. The van der Waals surface area contributed by atoms with Crippen molar-refractivity contribution in [2.45, 2.75) is 101 Å². The fourth-order valence-electron chi connectivity index (χ4n) is 5.96. The van der Waals surface area contributed by atoms with E-state index < -0.39 is 50.3 Å². The molecule has 0 bridgehead atoms. The molecule has 1 saturated heterocycles. The number of rotatable bonds is 11. The fraction of sp³-hybridized carbons (Fsp3) is 0.562. The van der Waals surface area contributed by atoms with Crippen molar-refractivity contribution >= 4 is 31.3 Å². The first-order valence-corrected chi connectivity index (χ1v) is 17.4. The van der Waals surface area contributed by atoms with Gasteiger partial charge in [-0.05, 0) is 67.9 Å². The van der Waals surface area contributed by atoms with Crippen LogP contribution >= 0.6 is 7.75 Å². The zero-order chi connectivity index (χ0) is 34.0. The molecule has 0 spiro atoms. The van der Waals surface area contributed by atoms with Gasteiger partial charge in [-0.1, -0.05) is 39.3 Å². The van der Waals surface area contributed by atoms with Crippen molar-refractivity contribution in [1.29, 1.82) is 0 Å². The number of aliphatic hydroxyl groups excluding tert-OH is 2. The summed E-state index contributed by atoms with van der Waals surface area (Å²) in [5, 5.41) is 29.5. The highest BCUT2D eigenvalue weighted by Crippen LogP contribution is 2.47. The molecule has 1 unspecified atom stereocenters. The van der Waals surface area contributed by atoms with E-state index in [-0.39, 0.29) is 23.1 Å². The van der Waals surface area contributed by atoms with Crippen LogP contribution in [0, 0.1) is 0 Å². The summed E-state index contributed by atoms with van der Waals surface area (Å²) in [6.07, 6.45) is 2.79. The highest BCUT2D eigenvalue weighted by Gasteiger charge is 2.56. The molecule has 256 valence electrons. The van der Waals surface area contributed by atoms with Gasteiger partial charge in [-0.25, -0.2) is 14.1 Å². The van der Waals surface area contributed by atoms with Crippen LogP contribution in [0.3, 0.4) is 0 Å². The number of carbonyl (C=O) groups is 1. The predicted molar refractivity (Wildman–Crippen MR) is 175 cm³/mol. The second kappa shape index (κ2) is 14.0. The van der Waals surface area contributed by atoms with Gasteiger partial charge >= 0.3 is 13.7 Å². The molecule has 2 aromatic heterocycles. The predicted octanol–water partition coefficient (Wildman–Crippen LogP) is 3.68. The van der Waals surface area contributed by atoms with E-state index in [4.69, 9.17) is 24.3 Å². The molecule has 14 nitrogen and oxygen atoms in total. The normalized spacial score (nSPS) is 26.0. The third kappa shape index (κ3) is 7.53. The van der Waals surface area contributed by atoms with Gasteiger partial charge in [0, 0.05) is 13.3 Å². The van der Waals surface area contributed by atoms with Crippen LogP contribution < -0.4 is 15.3 Å². The lowest BCUT2D eigenvalue weighted by Gasteiger charge is -2.28. The summed E-state index contributed by atoms with van der Waals surface area (Å²) >= 11 is 0. The minimum atomic E-state index is -4.32. The summed E-state index contributed by atoms with van der Waals surface area (Å²) in [4.78, 5) is 21.1. The molecule has 2 fully saturated rings. The lowest BCUT2D eigenvalue weighted by Crippen LogP contribution is -2.43. The Balaban J connectivity index is 1.38. The number of nitrogens with one attached hydrogen (secondary N) is 1. The molecule has 47 heavy (non-hydrogen) atoms. The number of esters is 1. The van der Waals surface area contributed by atoms with Crippen molar-refractivity contribution in [3.8, 4) is 5.75 Å². The Labute approximate surface area is 274 Å². The van der Waals surface area contributed by atoms with Crippen molar-refractivity contribution in [1.82, 2.24) is 19.7 Å². The fourth-order valence-corrected chi connectivity index (χ4v) is 7.46. The number of carbonyl (C=O) groups excluding carboxylic acids is 1. The van der Waals surface area contributed by atoms with E-state index in [1.807, 2.05) is 12.1 Å². The molecule has 5 rings (SSSR count). The molecule has 3 aromatic rings. The maximum absolute atomic E-state index is 14.3. The average Bonchev–Trinajstić information content (AvgIpc) is 3.57. The molecule has 15 heteroatoms. The monoisotopic (exact) mass is 672 g/mol. The van der Waals surface area contributed by atoms with Crippen LogP contribution in [0.25, 0.3) is 5.52 Å². The van der Waals surface area contributed by atoms with E-state index in [2.05, 4.69) is 40.9 Å². The van der Waals surface area contributed by atoms with Crippen LogP contribution in [0.15, 0.2) is 47.7 Å². The molecule has 1 aromatic carbocycles. The molecule has 0 radical (unpaired) electrons. The maximum atomic E-state index is 14.3. The van der Waals surface area contributed by atoms with Gasteiger partial charge in [-0.15, -0.1) is 0 Å². The second-order valence-corrected chi connectivity index (χ2v) is 14.8. The molecule has 5 N–H and O–H groups in total. The Morgan fingerprint density at radius 3 is 2.57 bits per heavy atom. The number of fused-ring (bicyclic) bond motifs is 1. The van der Waals surface area contributed by atoms with Crippen LogP contribution in [0.2, 0.25) is 0 Å². The van der Waals surface area contributed by atoms with Crippen molar-refractivity contribution in [2.24, 2.45) is 4.99 Å². The molecule has 2 aliphatic rings. The Hall–Kier alpha value is -3.39. The number of aromatic nitrogens is 3. The molecule has 1 aliphatic carbocycles. The van der Waals surface area contributed by atoms with Crippen molar-refractivity contribution in [3.63, 3.8) is 0 Å². The number of nitrogens with zero attached hydrogens (tertiary/aromatic N) is 4. The lowest BCUT2D eigenvalue weighted by molar-refractivity contribution is -0.152. The molecule has 3 heterocycles. The first kappa shape index (κ1) is 34.9. The smallest absolute Gasteiger partial charge is 0.459 e. The minimum Gasteiger partial charge on any atom is -0.461 e. The topological polar surface area (TPSA) is 192 Å². The molecule has 1 saturated carbocycles. The first-order valence-electron chi connectivity index (χ1n) is 15.9. The van der Waals surface area contributed by atoms with E-state index in [0.717, 1.165) is 37.7 Å². The van der Waals surface area contributed by atoms with E-state index in [1.54, 1.807) is 24.3 Å². The van der Waals surface area contributed by atoms with Gasteiger partial charge in [0.05, 0.1) is 12.3 Å². The molecule has 6 atom stereocenters. The SMILES string of the molecule is CN=C[C@@]1(c2ccc3c(N)ncnn23)O[C@H](COP(=O)(N[C@@H](C)C(=O)OC2CCCCC2)Oc2ccc(C(C)(C)C)cc2)[C@@H](O)[C@H]1O. The molecular formula is C32H45N6O8P. The third-order valence-corrected chi connectivity index (χ3v) is 10.2. The van der Waals surface area contributed by atoms with Gasteiger partial charge in [0.1, 0.15) is 48.1 Å². The van der Waals surface area contributed by atoms with Crippen LogP contribution in [-0.2, 0) is 34.4 Å². The number of aliphatic imine (C=N–C) groups is 1. The number of nitrogens with two attached hydrogens (primary N) is 1. The summed E-state index contributed by atoms with van der Waals surface area (Å²) in [5.74, 6) is -0.142. The molecule has 0 amide bonds. The Morgan fingerprint density at radius 2 is 1.91 bits per heavy atom. The van der Waals surface area contributed by atoms with E-state index >= 15 is 0 Å². The largest absolute Gasteiger partial charge is 0.461 e. The first-order chi connectivity index (χ1) is 22.3. The highest BCUT2D eigenvalue weighted by atomic mass is 31.2. The Morgan fingerprint density at radius 1 is 1.21 bits per heavy atom. The number of nitrogen functional groups attached to an aromatic ring is 1. The van der Waals surface area contributed by atoms with Crippen molar-refractivity contribution < 1.29 is 38.1 Å². The summed E-state index contributed by atoms with van der Waals surface area (Å²) in [6.45, 7) is 7.24. The van der Waals surface area contributed by atoms with E-state index in [0.29, 0.717) is 11.2 Å². The highest BCUT2D eigenvalue weighted by molar-refractivity contribution is 7.52. The molecular weight excluding hydrogens is 627 g/mol. The number of anilines is 1. The lowest BCUT2D eigenvalue weighted by atomic mass is 9.87. The second-order valence-electron chi connectivity index (χ2n) is 13.1. The van der Waals surface area contributed by atoms with Crippen molar-refractivity contribution in [2.75, 3.05) is 19.4 Å². The van der Waals surface area contributed by atoms with E-state index in [1.165, 1.54) is 31.0 Å². The number of benzene rings is 1. The van der Waals surface area contributed by atoms with Crippen LogP contribution in [0.5, 0.6) is 5.75 Å². The summed E-state index contributed by atoms with van der Waals surface area (Å²) in [5.41, 5.74) is 6.05. The summed E-state index contributed by atoms with van der Waals surface area (Å²) in [7, 11) is -2.82. The van der Waals surface area contributed by atoms with Crippen molar-refractivity contribution in [3.05, 3.63) is 54.0 Å². The Bertz CT molecular complexity index is 1620. The van der Waals surface area contributed by atoms with Crippen LogP contribution in [0.1, 0.15) is 71.1 Å². The van der Waals surface area contributed by atoms with Gasteiger partial charge < -0.3 is 29.9 Å². The van der Waals surface area contributed by atoms with Gasteiger partial charge in [0.25, 0.3) is 0 Å². The number of ether oxygens (including phenoxy) is 2. The maximum Gasteiger partial charge on any atom is 0.459 e. The quantitative estimate of drug-likeness (QED) is 0.131. The van der Waals surface area contributed by atoms with Gasteiger partial charge in [-0.3, -0.25) is 14.3 Å². The zero-order valence-electron chi connectivity index (χ0n) is 27.4. The minimum absolute atomic E-state index is 0.123. The average molecular weight is 673 g/mol. The standard InChI is InChI=1S/C32H45N6O8P/c1-20(30(41)44-22-9-7-6-8-10-22)37-47(42,46-23-13-11-21(12-14-23)31(2,3)4)43-17-25-27(39)28(40)32(45-25,18-34-5)26-16-15-24-29(33)35-19-36-38(24)26/h11-16,18-20,22,25,27-28,39-40H,6-10,17H2,1-5H3,(H,37,42)(H2,33,35,36)/t20-,25+,27+,28+,32-,47?/m0/s1. The zero-order valence-corrected chi connectivity index (χ0v) is 28.3. The van der Waals surface area contributed by atoms with Gasteiger partial charge in [0.2, 0.25) is 0 Å². The molecule has 1 aliphatic heterocycles.